The van der Waals surface area contributed by atoms with Crippen molar-refractivity contribution in [2.45, 2.75) is 43.8 Å². The van der Waals surface area contributed by atoms with Gasteiger partial charge in [-0.3, -0.25) is 0 Å². The van der Waals surface area contributed by atoms with Gasteiger partial charge in [0.05, 0.1) is 18.9 Å². The zero-order valence-electron chi connectivity index (χ0n) is 15.7. The molecule has 0 amide bonds. The lowest BCUT2D eigenvalue weighted by Gasteiger charge is -2.39. The Kier molecular flexibility index (Phi) is 5.20. The Bertz CT molecular complexity index is 681. The lowest BCUT2D eigenvalue weighted by atomic mass is 9.88. The smallest absolute Gasteiger partial charge is 0.380 e. The molecule has 4 rings (SSSR count). The maximum absolute atomic E-state index is 12.8. The van der Waals surface area contributed by atoms with Crippen molar-refractivity contribution < 1.29 is 17.9 Å². The monoisotopic (exact) mass is 401 g/mol. The standard InChI is InChI=1S/C19H26F3N3OS/c1-12-16(3-4-17(24-12)19(20,21)22)27-25-7-13-5-15(6-14(13)8-25)23-9-18(2)10-26-11-18/h3-4,13-15,23H,5-11H2,1-2H3. The van der Waals surface area contributed by atoms with Gasteiger partial charge in [0.2, 0.25) is 0 Å². The van der Waals surface area contributed by atoms with Crippen LogP contribution in [0.25, 0.3) is 0 Å². The van der Waals surface area contributed by atoms with Crippen molar-refractivity contribution in [3.05, 3.63) is 23.5 Å². The van der Waals surface area contributed by atoms with Crippen LogP contribution in [0, 0.1) is 24.2 Å². The Hall–Kier alpha value is -0.830. The van der Waals surface area contributed by atoms with Gasteiger partial charge in [-0.05, 0) is 55.7 Å². The van der Waals surface area contributed by atoms with Gasteiger partial charge in [0.25, 0.3) is 0 Å². The number of hydrogen-bond acceptors (Lipinski definition) is 5. The maximum Gasteiger partial charge on any atom is 0.433 e. The fourth-order valence-corrected chi connectivity index (χ4v) is 5.50. The first-order valence-electron chi connectivity index (χ1n) is 9.51. The van der Waals surface area contributed by atoms with Gasteiger partial charge in [-0.2, -0.15) is 13.2 Å². The van der Waals surface area contributed by atoms with Crippen LogP contribution in [0.3, 0.4) is 0 Å². The molecule has 2 aliphatic heterocycles. The van der Waals surface area contributed by atoms with Gasteiger partial charge in [-0.15, -0.1) is 0 Å². The first-order valence-corrected chi connectivity index (χ1v) is 10.3. The predicted molar refractivity (Wildman–Crippen MR) is 98.3 cm³/mol. The Balaban J connectivity index is 1.28. The Labute approximate surface area is 162 Å². The number of nitrogens with one attached hydrogen (secondary N) is 1. The van der Waals surface area contributed by atoms with Crippen molar-refractivity contribution in [3.8, 4) is 0 Å². The minimum atomic E-state index is -4.39. The molecule has 0 bridgehead atoms. The fourth-order valence-electron chi connectivity index (χ4n) is 4.38. The Morgan fingerprint density at radius 1 is 1.26 bits per heavy atom. The van der Waals surface area contributed by atoms with Crippen LogP contribution in [0.2, 0.25) is 0 Å². The van der Waals surface area contributed by atoms with E-state index in [0.717, 1.165) is 43.8 Å². The zero-order chi connectivity index (χ0) is 19.2. The number of ether oxygens (including phenoxy) is 1. The van der Waals surface area contributed by atoms with Crippen molar-refractivity contribution in [2.75, 3.05) is 32.8 Å². The van der Waals surface area contributed by atoms with Crippen LogP contribution < -0.4 is 5.32 Å². The second kappa shape index (κ2) is 7.21. The molecule has 0 spiro atoms. The minimum Gasteiger partial charge on any atom is -0.380 e. The normalized spacial score (nSPS) is 30.3. The first kappa shape index (κ1) is 19.5. The molecule has 4 nitrogen and oxygen atoms in total. The summed E-state index contributed by atoms with van der Waals surface area (Å²) in [6.45, 7) is 8.63. The van der Waals surface area contributed by atoms with Crippen LogP contribution in [0.5, 0.6) is 0 Å². The van der Waals surface area contributed by atoms with Crippen molar-refractivity contribution in [3.63, 3.8) is 0 Å². The molecule has 1 aromatic heterocycles. The largest absolute Gasteiger partial charge is 0.433 e. The summed E-state index contributed by atoms with van der Waals surface area (Å²) < 4.78 is 45.9. The molecule has 8 heteroatoms. The lowest BCUT2D eigenvalue weighted by molar-refractivity contribution is -0.141. The van der Waals surface area contributed by atoms with Crippen LogP contribution in [0.15, 0.2) is 17.0 Å². The number of aromatic nitrogens is 1. The molecule has 3 aliphatic rings. The number of rotatable bonds is 5. The average molecular weight is 401 g/mol. The second-order valence-corrected chi connectivity index (χ2v) is 9.73. The molecule has 150 valence electrons. The number of aryl methyl sites for hydroxylation is 1. The van der Waals surface area contributed by atoms with E-state index < -0.39 is 11.9 Å². The van der Waals surface area contributed by atoms with Gasteiger partial charge in [-0.1, -0.05) is 6.92 Å². The quantitative estimate of drug-likeness (QED) is 0.761. The van der Waals surface area contributed by atoms with E-state index in [1.54, 1.807) is 24.9 Å². The highest BCUT2D eigenvalue weighted by Gasteiger charge is 2.42. The van der Waals surface area contributed by atoms with E-state index in [1.165, 1.54) is 12.8 Å². The molecule has 1 N–H and O–H groups in total. The molecule has 2 atom stereocenters. The highest BCUT2D eigenvalue weighted by Crippen LogP contribution is 2.43. The van der Waals surface area contributed by atoms with Gasteiger partial charge >= 0.3 is 6.18 Å². The highest BCUT2D eigenvalue weighted by atomic mass is 32.2. The molecule has 0 radical (unpaired) electrons. The average Bonchev–Trinajstić information content (AvgIpc) is 3.10. The third-order valence-corrected chi connectivity index (χ3v) is 7.18. The molecule has 3 fully saturated rings. The topological polar surface area (TPSA) is 37.4 Å². The molecule has 27 heavy (non-hydrogen) atoms. The van der Waals surface area contributed by atoms with Crippen LogP contribution in [-0.2, 0) is 10.9 Å². The summed E-state index contributed by atoms with van der Waals surface area (Å²) in [6.07, 6.45) is -2.02. The molecule has 2 saturated heterocycles. The Morgan fingerprint density at radius 2 is 1.93 bits per heavy atom. The Morgan fingerprint density at radius 3 is 2.44 bits per heavy atom. The molecule has 1 aromatic rings. The van der Waals surface area contributed by atoms with Crippen LogP contribution in [0.4, 0.5) is 13.2 Å². The van der Waals surface area contributed by atoms with E-state index in [1.807, 2.05) is 0 Å². The predicted octanol–water partition coefficient (Wildman–Crippen LogP) is 3.75. The van der Waals surface area contributed by atoms with Gasteiger partial charge in [0.1, 0.15) is 5.69 Å². The van der Waals surface area contributed by atoms with Crippen molar-refractivity contribution in [1.82, 2.24) is 14.6 Å². The van der Waals surface area contributed by atoms with Gasteiger partial charge in [-0.25, -0.2) is 9.29 Å². The summed E-state index contributed by atoms with van der Waals surface area (Å²) in [6, 6.07) is 3.21. The van der Waals surface area contributed by atoms with E-state index in [0.29, 0.717) is 29.0 Å². The zero-order valence-corrected chi connectivity index (χ0v) is 16.5. The maximum atomic E-state index is 12.8. The molecule has 2 unspecified atom stereocenters. The summed E-state index contributed by atoms with van der Waals surface area (Å²) in [5.74, 6) is 1.34. The van der Waals surface area contributed by atoms with E-state index in [9.17, 15) is 13.2 Å². The third kappa shape index (κ3) is 4.28. The fraction of sp³-hybridized carbons (Fsp3) is 0.737. The number of pyridine rings is 1. The van der Waals surface area contributed by atoms with E-state index >= 15 is 0 Å². The third-order valence-electron chi connectivity index (χ3n) is 5.99. The molecule has 0 aromatic carbocycles. The van der Waals surface area contributed by atoms with Crippen LogP contribution in [0.1, 0.15) is 31.2 Å². The molecule has 1 saturated carbocycles. The summed E-state index contributed by atoms with van der Waals surface area (Å²) in [5.41, 5.74) is -0.0725. The first-order chi connectivity index (χ1) is 12.7. The summed E-state index contributed by atoms with van der Waals surface area (Å²) in [5, 5.41) is 3.72. The number of fused-ring (bicyclic) bond motifs is 1. The van der Waals surface area contributed by atoms with Crippen LogP contribution in [-0.4, -0.2) is 48.2 Å². The molecular weight excluding hydrogens is 375 g/mol. The van der Waals surface area contributed by atoms with E-state index in [2.05, 4.69) is 21.5 Å². The van der Waals surface area contributed by atoms with Crippen molar-refractivity contribution in [2.24, 2.45) is 17.3 Å². The van der Waals surface area contributed by atoms with Gasteiger partial charge < -0.3 is 10.1 Å². The molecule has 3 heterocycles. The molecular formula is C19H26F3N3OS. The van der Waals surface area contributed by atoms with E-state index in [-0.39, 0.29) is 0 Å². The second-order valence-electron chi connectivity index (χ2n) is 8.59. The van der Waals surface area contributed by atoms with Gasteiger partial charge in [0, 0.05) is 36.0 Å². The number of halogens is 3. The summed E-state index contributed by atoms with van der Waals surface area (Å²) >= 11 is 1.55. The SMILES string of the molecule is Cc1nc(C(F)(F)F)ccc1SN1CC2CC(NCC3(C)COC3)CC2C1. The van der Waals surface area contributed by atoms with Crippen molar-refractivity contribution >= 4 is 11.9 Å². The number of alkyl halides is 3. The van der Waals surface area contributed by atoms with Crippen molar-refractivity contribution in [1.29, 1.82) is 0 Å². The lowest BCUT2D eigenvalue weighted by Crippen LogP contribution is -2.49. The van der Waals surface area contributed by atoms with Gasteiger partial charge in [0.15, 0.2) is 0 Å². The van der Waals surface area contributed by atoms with E-state index in [4.69, 9.17) is 4.74 Å². The highest BCUT2D eigenvalue weighted by molar-refractivity contribution is 7.97. The number of nitrogens with zero attached hydrogens (tertiary/aromatic N) is 2. The van der Waals surface area contributed by atoms with Crippen LogP contribution >= 0.6 is 11.9 Å². The molecule has 1 aliphatic carbocycles. The number of hydrogen-bond donors (Lipinski definition) is 1. The summed E-state index contributed by atoms with van der Waals surface area (Å²) in [4.78, 5) is 4.55. The summed E-state index contributed by atoms with van der Waals surface area (Å²) in [7, 11) is 0. The minimum absolute atomic E-state index is 0.298.